The first kappa shape index (κ1) is 35.6. The van der Waals surface area contributed by atoms with Crippen molar-refractivity contribution >= 4 is 46.7 Å². The number of hydrogen-bond acceptors (Lipinski definition) is 5. The topological polar surface area (TPSA) is 71.5 Å². The first-order valence-corrected chi connectivity index (χ1v) is 19.0. The molecule has 0 aromatic heterocycles. The van der Waals surface area contributed by atoms with Gasteiger partial charge in [-0.2, -0.15) is 0 Å². The second kappa shape index (κ2) is 26.8. The third-order valence-corrected chi connectivity index (χ3v) is 12.3. The summed E-state index contributed by atoms with van der Waals surface area (Å²) in [5.74, 6) is 0. The number of benzene rings is 1. The molecule has 0 N–H and O–H groups in total. The number of aldehydes is 4. The van der Waals surface area contributed by atoms with E-state index in [0.717, 1.165) is 89.1 Å². The van der Waals surface area contributed by atoms with Crippen LogP contribution in [0.15, 0.2) is 30.3 Å². The van der Waals surface area contributed by atoms with E-state index in [1.165, 1.54) is 56.0 Å². The third kappa shape index (κ3) is 20.1. The SMILES string of the molecule is O=CCCCCCP(CCCCCC=O)CN(CP(CCCCCC=O)CCCCCC=O)c1ccccc1. The van der Waals surface area contributed by atoms with E-state index < -0.39 is 0 Å². The molecule has 39 heavy (non-hydrogen) atoms. The number of para-hydroxylation sites is 1. The lowest BCUT2D eigenvalue weighted by Crippen LogP contribution is -2.26. The second-order valence-corrected chi connectivity index (χ2v) is 15.5. The van der Waals surface area contributed by atoms with Gasteiger partial charge in [-0.05, 0) is 88.1 Å². The van der Waals surface area contributed by atoms with E-state index in [9.17, 15) is 19.2 Å². The summed E-state index contributed by atoms with van der Waals surface area (Å²) < 4.78 is 0. The van der Waals surface area contributed by atoms with Gasteiger partial charge < -0.3 is 24.1 Å². The van der Waals surface area contributed by atoms with E-state index in [1.807, 2.05) is 0 Å². The number of hydrogen-bond donors (Lipinski definition) is 0. The van der Waals surface area contributed by atoms with Gasteiger partial charge in [0.1, 0.15) is 25.1 Å². The molecule has 7 heteroatoms. The molecule has 0 aliphatic carbocycles. The van der Waals surface area contributed by atoms with E-state index in [0.29, 0.717) is 25.7 Å². The van der Waals surface area contributed by atoms with Gasteiger partial charge in [-0.1, -0.05) is 59.7 Å². The largest absolute Gasteiger partial charge is 0.363 e. The predicted molar refractivity (Wildman–Crippen MR) is 170 cm³/mol. The lowest BCUT2D eigenvalue weighted by Gasteiger charge is -2.34. The molecule has 0 atom stereocenters. The Morgan fingerprint density at radius 2 is 0.795 bits per heavy atom. The van der Waals surface area contributed by atoms with E-state index in [2.05, 4.69) is 35.2 Å². The third-order valence-electron chi connectivity index (χ3n) is 7.05. The average Bonchev–Trinajstić information content (AvgIpc) is 2.96. The number of carbonyl (C=O) groups is 4. The van der Waals surface area contributed by atoms with Crippen molar-refractivity contribution in [3.8, 4) is 0 Å². The van der Waals surface area contributed by atoms with Gasteiger partial charge in [0.15, 0.2) is 0 Å². The molecule has 0 radical (unpaired) electrons. The fraction of sp³-hybridized carbons (Fsp3) is 0.688. The van der Waals surface area contributed by atoms with Gasteiger partial charge in [-0.15, -0.1) is 0 Å². The number of carbonyl (C=O) groups excluding carboxylic acids is 4. The minimum Gasteiger partial charge on any atom is -0.363 e. The fourth-order valence-corrected chi connectivity index (χ4v) is 10.1. The maximum atomic E-state index is 10.7. The van der Waals surface area contributed by atoms with Crippen LogP contribution in [0.5, 0.6) is 0 Å². The van der Waals surface area contributed by atoms with Gasteiger partial charge in [-0.25, -0.2) is 0 Å². The highest BCUT2D eigenvalue weighted by Crippen LogP contribution is 2.45. The van der Waals surface area contributed by atoms with Crippen LogP contribution in [-0.4, -0.2) is 62.4 Å². The summed E-state index contributed by atoms with van der Waals surface area (Å²) >= 11 is 0. The van der Waals surface area contributed by atoms with Crippen molar-refractivity contribution in [3.63, 3.8) is 0 Å². The monoisotopic (exact) mass is 577 g/mol. The van der Waals surface area contributed by atoms with Crippen LogP contribution in [0.4, 0.5) is 5.69 Å². The quantitative estimate of drug-likeness (QED) is 0.0543. The minimum atomic E-state index is -0.156. The highest BCUT2D eigenvalue weighted by atomic mass is 31.1. The molecule has 0 saturated carbocycles. The molecule has 0 bridgehead atoms. The highest BCUT2D eigenvalue weighted by molar-refractivity contribution is 7.58. The standard InChI is InChI=1S/C32H53NO4P2/c34-22-12-1-5-16-26-38(27-17-6-2-13-23-35)30-33(32-20-10-9-11-21-32)31-39(28-18-7-3-14-24-36)29-19-8-4-15-25-37/h9-11,20-25H,1-8,12-19,26-31H2. The van der Waals surface area contributed by atoms with Crippen molar-refractivity contribution in [3.05, 3.63) is 30.3 Å². The average molecular weight is 578 g/mol. The van der Waals surface area contributed by atoms with E-state index >= 15 is 0 Å². The molecular weight excluding hydrogens is 524 g/mol. The summed E-state index contributed by atoms with van der Waals surface area (Å²) in [7, 11) is -0.312. The Kier molecular flexibility index (Phi) is 24.4. The molecule has 5 nitrogen and oxygen atoms in total. The molecule has 1 aromatic rings. The molecule has 0 saturated heterocycles. The van der Waals surface area contributed by atoms with Crippen molar-refractivity contribution in [2.75, 3.05) is 42.1 Å². The Balaban J connectivity index is 2.89. The highest BCUT2D eigenvalue weighted by Gasteiger charge is 2.18. The molecule has 1 rings (SSSR count). The first-order chi connectivity index (χ1) is 19.2. The zero-order valence-electron chi connectivity index (χ0n) is 24.2. The summed E-state index contributed by atoms with van der Waals surface area (Å²) in [6, 6.07) is 10.9. The smallest absolute Gasteiger partial charge is 0.119 e. The Hall–Kier alpha value is -1.44. The van der Waals surface area contributed by atoms with Crippen LogP contribution in [0.3, 0.4) is 0 Å². The number of rotatable bonds is 29. The number of anilines is 1. The van der Waals surface area contributed by atoms with Gasteiger partial charge in [0.25, 0.3) is 0 Å². The molecular formula is C32H53NO4P2. The molecule has 0 amide bonds. The van der Waals surface area contributed by atoms with Gasteiger partial charge in [-0.3, -0.25) is 0 Å². The normalized spacial score (nSPS) is 11.1. The summed E-state index contributed by atoms with van der Waals surface area (Å²) in [6.45, 7) is 0. The van der Waals surface area contributed by atoms with E-state index in [-0.39, 0.29) is 15.8 Å². The fourth-order valence-electron chi connectivity index (χ4n) is 4.80. The summed E-state index contributed by atoms with van der Waals surface area (Å²) in [5, 5.41) is 0. The molecule has 0 unspecified atom stereocenters. The Morgan fingerprint density at radius 1 is 0.462 bits per heavy atom. The minimum absolute atomic E-state index is 0.156. The van der Waals surface area contributed by atoms with Crippen molar-refractivity contribution in [2.45, 2.75) is 103 Å². The molecule has 0 aliphatic rings. The van der Waals surface area contributed by atoms with E-state index in [4.69, 9.17) is 0 Å². The van der Waals surface area contributed by atoms with Crippen LogP contribution in [-0.2, 0) is 19.2 Å². The Bertz CT molecular complexity index is 656. The lowest BCUT2D eigenvalue weighted by molar-refractivity contribution is -0.108. The molecule has 0 heterocycles. The molecule has 0 spiro atoms. The van der Waals surface area contributed by atoms with Crippen LogP contribution in [0.2, 0.25) is 0 Å². The summed E-state index contributed by atoms with van der Waals surface area (Å²) in [5.41, 5.74) is 1.32. The summed E-state index contributed by atoms with van der Waals surface area (Å²) in [6.07, 6.45) is 27.3. The van der Waals surface area contributed by atoms with Gasteiger partial charge in [0.2, 0.25) is 0 Å². The van der Waals surface area contributed by atoms with Crippen molar-refractivity contribution < 1.29 is 19.2 Å². The van der Waals surface area contributed by atoms with Crippen molar-refractivity contribution in [1.82, 2.24) is 0 Å². The lowest BCUT2D eigenvalue weighted by atomic mass is 10.2. The van der Waals surface area contributed by atoms with E-state index in [1.54, 1.807) is 0 Å². The molecule has 1 aromatic carbocycles. The van der Waals surface area contributed by atoms with Crippen molar-refractivity contribution in [1.29, 1.82) is 0 Å². The maximum Gasteiger partial charge on any atom is 0.119 e. The van der Waals surface area contributed by atoms with Gasteiger partial charge in [0, 0.05) is 43.9 Å². The Morgan fingerprint density at radius 3 is 1.10 bits per heavy atom. The zero-order chi connectivity index (χ0) is 28.2. The second-order valence-electron chi connectivity index (χ2n) is 10.5. The Labute approximate surface area is 240 Å². The molecule has 0 aliphatic heterocycles. The van der Waals surface area contributed by atoms with Crippen LogP contribution < -0.4 is 4.90 Å². The number of unbranched alkanes of at least 4 members (excludes halogenated alkanes) is 12. The van der Waals surface area contributed by atoms with Crippen molar-refractivity contribution in [2.24, 2.45) is 0 Å². The van der Waals surface area contributed by atoms with Crippen LogP contribution in [0.25, 0.3) is 0 Å². The molecule has 220 valence electrons. The van der Waals surface area contributed by atoms with Gasteiger partial charge in [0.05, 0.1) is 0 Å². The van der Waals surface area contributed by atoms with Gasteiger partial charge >= 0.3 is 0 Å². The maximum absolute atomic E-state index is 10.7. The summed E-state index contributed by atoms with van der Waals surface area (Å²) in [4.78, 5) is 45.6. The van der Waals surface area contributed by atoms with Crippen LogP contribution >= 0.6 is 15.8 Å². The number of nitrogens with zero attached hydrogens (tertiary/aromatic N) is 1. The van der Waals surface area contributed by atoms with Crippen LogP contribution in [0, 0.1) is 0 Å². The predicted octanol–water partition coefficient (Wildman–Crippen LogP) is 8.41. The molecule has 0 fully saturated rings. The van der Waals surface area contributed by atoms with Crippen LogP contribution in [0.1, 0.15) is 103 Å². The first-order valence-electron chi connectivity index (χ1n) is 15.2. The zero-order valence-corrected chi connectivity index (χ0v) is 26.0.